The van der Waals surface area contributed by atoms with Crippen LogP contribution in [0.3, 0.4) is 0 Å². The van der Waals surface area contributed by atoms with Crippen molar-refractivity contribution in [1.82, 2.24) is 4.90 Å². The first-order chi connectivity index (χ1) is 12.2. The van der Waals surface area contributed by atoms with Crippen LogP contribution in [0.25, 0.3) is 0 Å². The molecule has 3 nitrogen and oxygen atoms in total. The van der Waals surface area contributed by atoms with E-state index in [1.807, 2.05) is 4.90 Å². The summed E-state index contributed by atoms with van der Waals surface area (Å²) in [6, 6.07) is 3.12. The maximum Gasteiger partial charge on any atom is 0.237 e. The van der Waals surface area contributed by atoms with Crippen molar-refractivity contribution in [3.05, 3.63) is 28.5 Å². The van der Waals surface area contributed by atoms with E-state index in [-0.39, 0.29) is 17.6 Å². The van der Waals surface area contributed by atoms with Crippen LogP contribution < -0.4 is 4.74 Å². The third-order valence-electron chi connectivity index (χ3n) is 4.30. The number of hydrogen-bond donors (Lipinski definition) is 0. The summed E-state index contributed by atoms with van der Waals surface area (Å²) in [4.78, 5) is 13.5. The Bertz CT molecular complexity index is 555. The average Bonchev–Trinajstić information content (AvgIpc) is 2.62. The van der Waals surface area contributed by atoms with Gasteiger partial charge in [-0.1, -0.05) is 38.8 Å². The van der Waals surface area contributed by atoms with Crippen molar-refractivity contribution < 1.29 is 13.9 Å². The average molecular weight is 408 g/mol. The van der Waals surface area contributed by atoms with Crippen molar-refractivity contribution in [1.29, 1.82) is 0 Å². The van der Waals surface area contributed by atoms with E-state index < -0.39 is 0 Å². The van der Waals surface area contributed by atoms with Crippen molar-refractivity contribution in [2.75, 3.05) is 19.5 Å². The molecule has 0 aliphatic heterocycles. The Kier molecular flexibility index (Phi) is 12.7. The number of halogens is 3. The quantitative estimate of drug-likeness (QED) is 0.488. The summed E-state index contributed by atoms with van der Waals surface area (Å²) in [5.41, 5.74) is 0.534. The molecule has 0 spiro atoms. The fourth-order valence-electron chi connectivity index (χ4n) is 2.57. The number of nitrogens with zero attached hydrogens (tertiary/aromatic N) is 1. The molecular formula is C20H32Cl2FNO2. The monoisotopic (exact) mass is 407 g/mol. The zero-order valence-electron chi connectivity index (χ0n) is 16.7. The number of carbonyl (C=O) groups is 1. The van der Waals surface area contributed by atoms with Gasteiger partial charge in [0.2, 0.25) is 5.91 Å². The molecular weight excluding hydrogens is 376 g/mol. The second-order valence-corrected chi connectivity index (χ2v) is 7.23. The van der Waals surface area contributed by atoms with Gasteiger partial charge in [-0.15, -0.1) is 11.6 Å². The van der Waals surface area contributed by atoms with Crippen LogP contribution in [-0.2, 0) is 4.79 Å². The lowest BCUT2D eigenvalue weighted by Crippen LogP contribution is -2.40. The molecule has 0 heterocycles. The maximum absolute atomic E-state index is 12.8. The second kappa shape index (κ2) is 13.2. The molecule has 1 amide bonds. The molecule has 1 rings (SSSR count). The number of rotatable bonds is 8. The molecule has 0 aliphatic carbocycles. The number of ether oxygens (including phenoxy) is 1. The summed E-state index contributed by atoms with van der Waals surface area (Å²) in [7, 11) is 1.50. The highest BCUT2D eigenvalue weighted by Gasteiger charge is 2.19. The van der Waals surface area contributed by atoms with Gasteiger partial charge in [-0.05, 0) is 50.3 Å². The van der Waals surface area contributed by atoms with Crippen molar-refractivity contribution in [3.8, 4) is 5.75 Å². The van der Waals surface area contributed by atoms with Crippen LogP contribution in [0.5, 0.6) is 5.75 Å². The van der Waals surface area contributed by atoms with Crippen LogP contribution in [0.4, 0.5) is 4.39 Å². The topological polar surface area (TPSA) is 29.5 Å². The van der Waals surface area contributed by atoms with E-state index in [0.29, 0.717) is 28.3 Å². The molecule has 26 heavy (non-hydrogen) atoms. The lowest BCUT2D eigenvalue weighted by molar-refractivity contribution is -0.130. The van der Waals surface area contributed by atoms with Crippen LogP contribution in [0.15, 0.2) is 12.1 Å². The van der Waals surface area contributed by atoms with Crippen LogP contribution in [-0.4, -0.2) is 36.4 Å². The van der Waals surface area contributed by atoms with Gasteiger partial charge >= 0.3 is 0 Å². The van der Waals surface area contributed by atoms with E-state index in [1.54, 1.807) is 13.0 Å². The predicted octanol–water partition coefficient (Wildman–Crippen LogP) is 6.08. The summed E-state index contributed by atoms with van der Waals surface area (Å²) in [5, 5.41) is 0.301. The first kappa shape index (κ1) is 25.0. The van der Waals surface area contributed by atoms with E-state index in [9.17, 15) is 9.18 Å². The zero-order chi connectivity index (χ0) is 20.3. The smallest absolute Gasteiger partial charge is 0.237 e. The summed E-state index contributed by atoms with van der Waals surface area (Å²) >= 11 is 11.2. The Morgan fingerprint density at radius 3 is 2.38 bits per heavy atom. The van der Waals surface area contributed by atoms with Crippen molar-refractivity contribution in [2.45, 2.75) is 59.9 Å². The Balaban J connectivity index is 0.000000502. The van der Waals surface area contributed by atoms with Gasteiger partial charge in [-0.3, -0.25) is 4.79 Å². The summed E-state index contributed by atoms with van der Waals surface area (Å²) in [5.74, 6) is 1.03. The minimum atomic E-state index is -0.309. The minimum absolute atomic E-state index is 0.0642. The van der Waals surface area contributed by atoms with Crippen molar-refractivity contribution in [3.63, 3.8) is 0 Å². The number of alkyl halides is 1. The SMILES string of the molecule is CCCN(C(=O)CCl)C(C)CC(C)CC.COc1cc(C)c(F)cc1Cl. The number of carbonyl (C=O) groups excluding carboxylic acids is 1. The normalized spacial score (nSPS) is 12.7. The van der Waals surface area contributed by atoms with Gasteiger partial charge in [0, 0.05) is 12.6 Å². The molecule has 0 saturated heterocycles. The number of benzene rings is 1. The van der Waals surface area contributed by atoms with Gasteiger partial charge in [0.05, 0.1) is 12.1 Å². The zero-order valence-corrected chi connectivity index (χ0v) is 18.3. The molecule has 1 aromatic rings. The van der Waals surface area contributed by atoms with E-state index in [4.69, 9.17) is 27.9 Å². The number of methoxy groups -OCH3 is 1. The molecule has 0 N–H and O–H groups in total. The fourth-order valence-corrected chi connectivity index (χ4v) is 2.95. The van der Waals surface area contributed by atoms with E-state index >= 15 is 0 Å². The molecule has 0 bridgehead atoms. The third kappa shape index (κ3) is 8.59. The number of amides is 1. The maximum atomic E-state index is 12.8. The predicted molar refractivity (Wildman–Crippen MR) is 109 cm³/mol. The molecule has 0 aliphatic rings. The highest BCUT2D eigenvalue weighted by Crippen LogP contribution is 2.26. The van der Waals surface area contributed by atoms with Crippen LogP contribution in [0, 0.1) is 18.7 Å². The van der Waals surface area contributed by atoms with Gasteiger partial charge in [0.25, 0.3) is 0 Å². The Morgan fingerprint density at radius 2 is 1.92 bits per heavy atom. The highest BCUT2D eigenvalue weighted by molar-refractivity contribution is 6.32. The minimum Gasteiger partial charge on any atom is -0.495 e. The summed E-state index contributed by atoms with van der Waals surface area (Å²) in [6.07, 6.45) is 3.23. The molecule has 6 heteroatoms. The van der Waals surface area contributed by atoms with E-state index in [1.165, 1.54) is 19.6 Å². The molecule has 1 aromatic carbocycles. The third-order valence-corrected chi connectivity index (χ3v) is 4.83. The Morgan fingerprint density at radius 1 is 1.31 bits per heavy atom. The van der Waals surface area contributed by atoms with Crippen LogP contribution in [0.2, 0.25) is 5.02 Å². The highest BCUT2D eigenvalue weighted by atomic mass is 35.5. The molecule has 150 valence electrons. The van der Waals surface area contributed by atoms with Crippen LogP contribution in [0.1, 0.15) is 52.5 Å². The van der Waals surface area contributed by atoms with E-state index in [2.05, 4.69) is 27.7 Å². The largest absolute Gasteiger partial charge is 0.495 e. The fraction of sp³-hybridized carbons (Fsp3) is 0.650. The van der Waals surface area contributed by atoms with Crippen molar-refractivity contribution in [2.24, 2.45) is 5.92 Å². The van der Waals surface area contributed by atoms with Crippen molar-refractivity contribution >= 4 is 29.1 Å². The van der Waals surface area contributed by atoms with Gasteiger partial charge in [-0.2, -0.15) is 0 Å². The number of hydrogen-bond acceptors (Lipinski definition) is 2. The molecule has 0 aromatic heterocycles. The Labute approximate surface area is 167 Å². The summed E-state index contributed by atoms with van der Waals surface area (Å²) in [6.45, 7) is 11.1. The lowest BCUT2D eigenvalue weighted by atomic mass is 9.99. The van der Waals surface area contributed by atoms with Gasteiger partial charge in [-0.25, -0.2) is 4.39 Å². The standard InChI is InChI=1S/C12H24ClNO.C8H8ClFO/c1-5-7-14(12(15)9-13)11(4)8-10(3)6-2;1-5-3-8(11-2)6(9)4-7(5)10/h10-11H,5-9H2,1-4H3;3-4H,1-2H3. The molecule has 0 radical (unpaired) electrons. The first-order valence-electron chi connectivity index (χ1n) is 9.06. The molecule has 2 unspecified atom stereocenters. The van der Waals surface area contributed by atoms with Crippen LogP contribution >= 0.6 is 23.2 Å². The number of aryl methyl sites for hydroxylation is 1. The first-order valence-corrected chi connectivity index (χ1v) is 9.97. The summed E-state index contributed by atoms with van der Waals surface area (Å²) < 4.78 is 17.6. The van der Waals surface area contributed by atoms with Gasteiger partial charge < -0.3 is 9.64 Å². The van der Waals surface area contributed by atoms with Gasteiger partial charge in [0.1, 0.15) is 17.4 Å². The van der Waals surface area contributed by atoms with Gasteiger partial charge in [0.15, 0.2) is 0 Å². The molecule has 0 saturated carbocycles. The lowest BCUT2D eigenvalue weighted by Gasteiger charge is -2.30. The second-order valence-electron chi connectivity index (χ2n) is 6.55. The molecule has 0 fully saturated rings. The molecule has 2 atom stereocenters. The van der Waals surface area contributed by atoms with E-state index in [0.717, 1.165) is 19.4 Å². The Hall–Kier alpha value is -1.00.